The van der Waals surface area contributed by atoms with Crippen molar-refractivity contribution in [3.8, 4) is 84.2 Å². The Morgan fingerprint density at radius 2 is 0.482 bits per heavy atom. The SMILES string of the molecule is N#Cc1ccc(-c2cc(-c3c(C(F)(F)F)cccc3C(F)(F)F)ccc2-n2c3ccc(-c4cc(C(F)(F)F)cc(C(F)(F)F)c4)cc3c3cc(-c4cc(C(F)(F)F)cc(C(F)(F)F)c4)ccc32)c(-n2c3ccc(-c4cc(C(F)(F)F)cc(C(F)(F)F)c4)cc3c3cc(-c4cc(C(F)(F)F)cc(C(F)(F)F)c4)ccc32)c1. The summed E-state index contributed by atoms with van der Waals surface area (Å²) in [7, 11) is 0. The van der Waals surface area contributed by atoms with E-state index in [9.17, 15) is 111 Å². The fourth-order valence-corrected chi connectivity index (χ4v) is 13.2. The van der Waals surface area contributed by atoms with E-state index in [0.29, 0.717) is 18.2 Å². The van der Waals surface area contributed by atoms with Crippen molar-refractivity contribution in [3.63, 3.8) is 0 Å². The van der Waals surface area contributed by atoms with Crippen LogP contribution >= 0.6 is 0 Å². The number of nitrogens with zero attached hydrogens (tertiary/aromatic N) is 3. The quantitative estimate of drug-likeness (QED) is 0.140. The fourth-order valence-electron chi connectivity index (χ4n) is 13.2. The molecule has 13 rings (SSSR count). The third kappa shape index (κ3) is 14.5. The van der Waals surface area contributed by atoms with Crippen molar-refractivity contribution < 1.29 is 132 Å². The van der Waals surface area contributed by atoms with Gasteiger partial charge in [0.2, 0.25) is 0 Å². The second kappa shape index (κ2) is 25.8. The summed E-state index contributed by atoms with van der Waals surface area (Å²) in [6.45, 7) is 0. The van der Waals surface area contributed by atoms with Gasteiger partial charge in [-0.3, -0.25) is 0 Å². The van der Waals surface area contributed by atoms with Crippen LogP contribution in [0, 0.1) is 11.3 Å². The molecule has 110 heavy (non-hydrogen) atoms. The third-order valence-electron chi connectivity index (χ3n) is 18.1. The maximum Gasteiger partial charge on any atom is 0.417 e. The predicted molar refractivity (Wildman–Crippen MR) is 342 cm³/mol. The molecule has 0 atom stereocenters. The van der Waals surface area contributed by atoms with Crippen molar-refractivity contribution >= 4 is 43.6 Å². The predicted octanol–water partition coefficient (Wildman–Crippen LogP) is 27.9. The van der Waals surface area contributed by atoms with Crippen LogP contribution in [0.5, 0.6) is 0 Å². The van der Waals surface area contributed by atoms with Crippen molar-refractivity contribution in [2.75, 3.05) is 0 Å². The van der Waals surface area contributed by atoms with Crippen LogP contribution in [0.3, 0.4) is 0 Å². The van der Waals surface area contributed by atoms with Gasteiger partial charge in [-0.25, -0.2) is 0 Å². The molecule has 0 saturated heterocycles. The minimum absolute atomic E-state index is 0.232. The van der Waals surface area contributed by atoms with Gasteiger partial charge in [0.25, 0.3) is 0 Å². The Morgan fingerprint density at radius 1 is 0.218 bits per heavy atom. The molecule has 0 amide bonds. The zero-order valence-corrected chi connectivity index (χ0v) is 53.7. The second-order valence-corrected chi connectivity index (χ2v) is 25.1. The highest BCUT2D eigenvalue weighted by Crippen LogP contribution is 2.52. The van der Waals surface area contributed by atoms with E-state index in [2.05, 4.69) is 0 Å². The molecular weight excluding hydrogens is 1540 g/mol. The van der Waals surface area contributed by atoms with Gasteiger partial charge in [0.15, 0.2) is 0 Å². The van der Waals surface area contributed by atoms with Crippen LogP contribution in [0.25, 0.3) is 122 Å². The van der Waals surface area contributed by atoms with Crippen LogP contribution in [0.15, 0.2) is 200 Å². The zero-order valence-electron chi connectivity index (χ0n) is 53.7. The summed E-state index contributed by atoms with van der Waals surface area (Å²) in [4.78, 5) is 0. The molecule has 33 heteroatoms. The highest BCUT2D eigenvalue weighted by Gasteiger charge is 2.45. The third-order valence-corrected chi connectivity index (χ3v) is 18.1. The van der Waals surface area contributed by atoms with Crippen LogP contribution in [-0.2, 0) is 61.8 Å². The average Bonchev–Trinajstić information content (AvgIpc) is 1.54. The Hall–Kier alpha value is -11.6. The highest BCUT2D eigenvalue weighted by molar-refractivity contribution is 6.14. The summed E-state index contributed by atoms with van der Waals surface area (Å²) < 4.78 is 442. The molecule has 566 valence electrons. The lowest BCUT2D eigenvalue weighted by Gasteiger charge is -2.22. The first-order chi connectivity index (χ1) is 50.7. The molecule has 0 aliphatic carbocycles. The monoisotopic (exact) mass is 1570 g/mol. The molecule has 3 nitrogen and oxygen atoms in total. The Balaban J connectivity index is 1.18. The fraction of sp³-hybridized carbons (Fsp3) is 0.130. The first-order valence-corrected chi connectivity index (χ1v) is 31.1. The average molecular weight is 1570 g/mol. The number of aromatic nitrogens is 2. The molecule has 0 spiro atoms. The van der Waals surface area contributed by atoms with E-state index in [1.807, 2.05) is 6.07 Å². The molecule has 0 bridgehead atoms. The minimum Gasteiger partial charge on any atom is -0.309 e. The van der Waals surface area contributed by atoms with E-state index in [4.69, 9.17) is 0 Å². The van der Waals surface area contributed by atoms with E-state index < -0.39 is 201 Å². The number of alkyl halides is 30. The molecule has 0 aliphatic heterocycles. The number of halogens is 30. The van der Waals surface area contributed by atoms with Crippen molar-refractivity contribution in [3.05, 3.63) is 261 Å². The largest absolute Gasteiger partial charge is 0.417 e. The lowest BCUT2D eigenvalue weighted by Crippen LogP contribution is -2.14. The van der Waals surface area contributed by atoms with Crippen LogP contribution in [0.2, 0.25) is 0 Å². The number of hydrogen-bond donors (Lipinski definition) is 0. The number of fused-ring (bicyclic) bond motifs is 6. The lowest BCUT2D eigenvalue weighted by molar-refractivity contribution is -0.144. The summed E-state index contributed by atoms with van der Waals surface area (Å²) >= 11 is 0. The molecule has 13 aromatic rings. The van der Waals surface area contributed by atoms with E-state index in [1.165, 1.54) is 0 Å². The van der Waals surface area contributed by atoms with Crippen LogP contribution < -0.4 is 0 Å². The van der Waals surface area contributed by atoms with Gasteiger partial charge in [-0.15, -0.1) is 0 Å². The maximum atomic E-state index is 15.4. The minimum atomic E-state index is -5.66. The van der Waals surface area contributed by atoms with Crippen molar-refractivity contribution in [2.45, 2.75) is 61.8 Å². The van der Waals surface area contributed by atoms with Gasteiger partial charge in [0.1, 0.15) is 0 Å². The van der Waals surface area contributed by atoms with E-state index in [-0.39, 0.29) is 129 Å². The lowest BCUT2D eigenvalue weighted by atomic mass is 9.90. The van der Waals surface area contributed by atoms with Gasteiger partial charge < -0.3 is 9.13 Å². The molecule has 0 radical (unpaired) electrons. The van der Waals surface area contributed by atoms with Crippen molar-refractivity contribution in [1.29, 1.82) is 5.26 Å². The Labute approximate surface area is 595 Å². The van der Waals surface area contributed by atoms with E-state index in [0.717, 1.165) is 106 Å². The van der Waals surface area contributed by atoms with Gasteiger partial charge in [0.05, 0.1) is 101 Å². The van der Waals surface area contributed by atoms with E-state index >= 15 is 26.3 Å². The molecule has 11 aromatic carbocycles. The Morgan fingerprint density at radius 3 is 0.736 bits per heavy atom. The molecule has 0 saturated carbocycles. The molecule has 2 aromatic heterocycles. The van der Waals surface area contributed by atoms with Gasteiger partial charge in [-0.2, -0.15) is 137 Å². The van der Waals surface area contributed by atoms with Crippen molar-refractivity contribution in [2.24, 2.45) is 0 Å². The smallest absolute Gasteiger partial charge is 0.309 e. The summed E-state index contributed by atoms with van der Waals surface area (Å²) in [5.41, 5.74) is -30.5. The van der Waals surface area contributed by atoms with Gasteiger partial charge >= 0.3 is 61.8 Å². The topological polar surface area (TPSA) is 33.6 Å². The normalized spacial score (nSPS) is 13.4. The molecule has 0 aliphatic rings. The van der Waals surface area contributed by atoms with Crippen LogP contribution in [0.4, 0.5) is 132 Å². The molecule has 2 heterocycles. The second-order valence-electron chi connectivity index (χ2n) is 25.1. The summed E-state index contributed by atoms with van der Waals surface area (Å²) in [5.74, 6) is 0. The summed E-state index contributed by atoms with van der Waals surface area (Å²) in [6, 6.07) is 20.7. The summed E-state index contributed by atoms with van der Waals surface area (Å²) in [6.07, 6.45) is -55.2. The Bertz CT molecular complexity index is 5520. The summed E-state index contributed by atoms with van der Waals surface area (Å²) in [5, 5.41) is 9.20. The molecule has 0 fully saturated rings. The highest BCUT2D eigenvalue weighted by atomic mass is 19.4. The molecule has 0 N–H and O–H groups in total. The zero-order chi connectivity index (χ0) is 80.2. The number of rotatable bonds is 8. The van der Waals surface area contributed by atoms with Gasteiger partial charge in [0, 0.05) is 38.2 Å². The van der Waals surface area contributed by atoms with Crippen LogP contribution in [0.1, 0.15) is 61.2 Å². The van der Waals surface area contributed by atoms with E-state index in [1.54, 1.807) is 0 Å². The molecule has 0 unspecified atom stereocenters. The van der Waals surface area contributed by atoms with Crippen LogP contribution in [-0.4, -0.2) is 9.13 Å². The van der Waals surface area contributed by atoms with Crippen molar-refractivity contribution in [1.82, 2.24) is 9.13 Å². The maximum absolute atomic E-state index is 15.4. The molecular formula is C77H33F30N3. The standard InChI is InChI=1S/C77H33F30N3/c78-68(79,80)45-17-41(18-46(30-45)69(81,82)83)36-5-11-62-55(25-36)56-26-37(42-19-47(70(84,85)86)31-48(20-42)71(87,88)89)6-12-63(56)109(62)61-15-9-40(67-59(76(102,103)104)2-1-3-60(67)77(105,106)107)29-54(61)53-10-4-35(34-108)16-66(53)110-64-13-7-38(43-21-49(72(90,91)92)32-50(22-43)73(93,94)95)27-57(64)58-28-39(8-14-65(58)110)44-23-51(74(96,97)98)33-52(24-44)75(99,100)101/h1-33H. The van der Waals surface area contributed by atoms with Gasteiger partial charge in [-0.05, 0) is 208 Å². The first-order valence-electron chi connectivity index (χ1n) is 31.1. The number of benzene rings is 11. The first kappa shape index (κ1) is 76.6. The number of hydrogen-bond acceptors (Lipinski definition) is 1. The van der Waals surface area contributed by atoms with Gasteiger partial charge in [-0.1, -0.05) is 42.5 Å². The Kier molecular flexibility index (Phi) is 18.0. The number of nitriles is 1.